The van der Waals surface area contributed by atoms with Crippen LogP contribution in [0.25, 0.3) is 0 Å². The molecule has 0 fully saturated rings. The standard InChI is InChI=1S/C11H14BrFN2O3/c1-17-5-2-6-18-8-4-3-7(11(14)15-16)9(12)10(8)13/h3-4,16H,2,5-6H2,1H3,(H2,14,15). The van der Waals surface area contributed by atoms with Gasteiger partial charge in [0.1, 0.15) is 0 Å². The molecule has 0 aromatic heterocycles. The molecule has 18 heavy (non-hydrogen) atoms. The first-order valence-corrected chi connectivity index (χ1v) is 5.98. The summed E-state index contributed by atoms with van der Waals surface area (Å²) in [4.78, 5) is 0. The van der Waals surface area contributed by atoms with Gasteiger partial charge >= 0.3 is 0 Å². The average molecular weight is 321 g/mol. The minimum atomic E-state index is -0.587. The summed E-state index contributed by atoms with van der Waals surface area (Å²) in [5.74, 6) is -0.657. The van der Waals surface area contributed by atoms with Crippen molar-refractivity contribution < 1.29 is 19.1 Å². The number of hydrogen-bond donors (Lipinski definition) is 2. The number of halogens is 2. The van der Waals surface area contributed by atoms with Gasteiger partial charge in [-0.1, -0.05) is 5.16 Å². The Labute approximate surface area is 112 Å². The molecular formula is C11H14BrFN2O3. The predicted molar refractivity (Wildman–Crippen MR) is 68.6 cm³/mol. The van der Waals surface area contributed by atoms with Gasteiger partial charge in [-0.2, -0.15) is 0 Å². The maximum Gasteiger partial charge on any atom is 0.179 e. The van der Waals surface area contributed by atoms with Crippen LogP contribution in [0.4, 0.5) is 4.39 Å². The highest BCUT2D eigenvalue weighted by Gasteiger charge is 2.14. The van der Waals surface area contributed by atoms with Gasteiger partial charge in [0, 0.05) is 25.7 Å². The third kappa shape index (κ3) is 3.58. The molecule has 0 bridgehead atoms. The number of nitrogens with zero attached hydrogens (tertiary/aromatic N) is 1. The number of hydrogen-bond acceptors (Lipinski definition) is 4. The van der Waals surface area contributed by atoms with Crippen LogP contribution in [0.1, 0.15) is 12.0 Å². The number of rotatable bonds is 6. The Morgan fingerprint density at radius 3 is 2.83 bits per heavy atom. The zero-order valence-electron chi connectivity index (χ0n) is 9.82. The summed E-state index contributed by atoms with van der Waals surface area (Å²) in [6.45, 7) is 0.894. The Hall–Kier alpha value is -1.34. The van der Waals surface area contributed by atoms with E-state index in [-0.39, 0.29) is 21.6 Å². The van der Waals surface area contributed by atoms with Crippen LogP contribution in [0.5, 0.6) is 5.75 Å². The summed E-state index contributed by atoms with van der Waals surface area (Å²) < 4.78 is 24.1. The van der Waals surface area contributed by atoms with Crippen molar-refractivity contribution in [2.75, 3.05) is 20.3 Å². The van der Waals surface area contributed by atoms with Crippen molar-refractivity contribution in [3.8, 4) is 5.75 Å². The highest BCUT2D eigenvalue weighted by atomic mass is 79.9. The predicted octanol–water partition coefficient (Wildman–Crippen LogP) is 2.10. The smallest absolute Gasteiger partial charge is 0.179 e. The molecule has 1 aromatic carbocycles. The van der Waals surface area contributed by atoms with Crippen molar-refractivity contribution in [2.24, 2.45) is 10.9 Å². The van der Waals surface area contributed by atoms with E-state index in [0.29, 0.717) is 19.6 Å². The molecule has 5 nitrogen and oxygen atoms in total. The minimum Gasteiger partial charge on any atom is -0.490 e. The fourth-order valence-corrected chi connectivity index (χ4v) is 1.81. The highest BCUT2D eigenvalue weighted by molar-refractivity contribution is 9.10. The van der Waals surface area contributed by atoms with Crippen LogP contribution >= 0.6 is 15.9 Å². The van der Waals surface area contributed by atoms with Crippen LogP contribution in [-0.2, 0) is 4.74 Å². The Morgan fingerprint density at radius 1 is 1.50 bits per heavy atom. The Kier molecular flexibility index (Phi) is 5.87. The number of oxime groups is 1. The second-order valence-corrected chi connectivity index (χ2v) is 4.21. The van der Waals surface area contributed by atoms with Crippen LogP contribution in [-0.4, -0.2) is 31.4 Å². The molecule has 0 unspecified atom stereocenters. The van der Waals surface area contributed by atoms with Gasteiger partial charge in [-0.25, -0.2) is 4.39 Å². The van der Waals surface area contributed by atoms with Crippen molar-refractivity contribution >= 4 is 21.8 Å². The summed E-state index contributed by atoms with van der Waals surface area (Å²) in [5.41, 5.74) is 5.66. The SMILES string of the molecule is COCCCOc1ccc(/C(N)=N/O)c(Br)c1F. The lowest BCUT2D eigenvalue weighted by molar-refractivity contribution is 0.170. The number of amidine groups is 1. The van der Waals surface area contributed by atoms with E-state index in [0.717, 1.165) is 0 Å². The molecule has 0 atom stereocenters. The van der Waals surface area contributed by atoms with Crippen LogP contribution in [0.2, 0.25) is 0 Å². The summed E-state index contributed by atoms with van der Waals surface area (Å²) in [7, 11) is 1.59. The third-order valence-corrected chi connectivity index (χ3v) is 2.96. The van der Waals surface area contributed by atoms with E-state index in [1.54, 1.807) is 7.11 Å². The number of methoxy groups -OCH3 is 1. The lowest BCUT2D eigenvalue weighted by atomic mass is 10.2. The second kappa shape index (κ2) is 7.17. The lowest BCUT2D eigenvalue weighted by Gasteiger charge is -2.10. The molecule has 0 spiro atoms. The van der Waals surface area contributed by atoms with Crippen molar-refractivity contribution in [1.82, 2.24) is 0 Å². The van der Waals surface area contributed by atoms with Gasteiger partial charge in [0.15, 0.2) is 17.4 Å². The minimum absolute atomic E-state index is 0.0991. The number of benzene rings is 1. The van der Waals surface area contributed by atoms with Gasteiger partial charge in [-0.15, -0.1) is 0 Å². The molecule has 0 heterocycles. The fourth-order valence-electron chi connectivity index (χ4n) is 1.28. The van der Waals surface area contributed by atoms with E-state index in [1.807, 2.05) is 0 Å². The average Bonchev–Trinajstić information content (AvgIpc) is 2.38. The molecule has 0 aliphatic heterocycles. The molecule has 100 valence electrons. The molecule has 1 rings (SSSR count). The first-order valence-electron chi connectivity index (χ1n) is 5.19. The lowest BCUT2D eigenvalue weighted by Crippen LogP contribution is -2.14. The quantitative estimate of drug-likeness (QED) is 0.277. The number of nitrogens with two attached hydrogens (primary N) is 1. The van der Waals surface area contributed by atoms with E-state index in [1.165, 1.54) is 12.1 Å². The van der Waals surface area contributed by atoms with E-state index >= 15 is 0 Å². The zero-order valence-corrected chi connectivity index (χ0v) is 11.4. The zero-order chi connectivity index (χ0) is 13.5. The van der Waals surface area contributed by atoms with E-state index in [2.05, 4.69) is 21.1 Å². The molecule has 7 heteroatoms. The topological polar surface area (TPSA) is 77.1 Å². The molecule has 0 saturated heterocycles. The van der Waals surface area contributed by atoms with Gasteiger partial charge in [0.2, 0.25) is 0 Å². The Bertz CT molecular complexity index is 441. The van der Waals surface area contributed by atoms with Crippen molar-refractivity contribution in [3.05, 3.63) is 28.0 Å². The third-order valence-electron chi connectivity index (χ3n) is 2.18. The summed E-state index contributed by atoms with van der Waals surface area (Å²) in [6.07, 6.45) is 0.662. The Morgan fingerprint density at radius 2 is 2.22 bits per heavy atom. The molecule has 0 amide bonds. The van der Waals surface area contributed by atoms with Gasteiger partial charge in [0.05, 0.1) is 11.1 Å². The normalized spacial score (nSPS) is 11.6. The molecule has 0 aliphatic rings. The largest absolute Gasteiger partial charge is 0.490 e. The molecule has 0 radical (unpaired) electrons. The van der Waals surface area contributed by atoms with Gasteiger partial charge in [0.25, 0.3) is 0 Å². The van der Waals surface area contributed by atoms with Crippen LogP contribution in [0, 0.1) is 5.82 Å². The first kappa shape index (κ1) is 14.7. The van der Waals surface area contributed by atoms with Gasteiger partial charge < -0.3 is 20.4 Å². The maximum absolute atomic E-state index is 13.9. The summed E-state index contributed by atoms with van der Waals surface area (Å²) in [6, 6.07) is 2.94. The van der Waals surface area contributed by atoms with Crippen molar-refractivity contribution in [1.29, 1.82) is 0 Å². The van der Waals surface area contributed by atoms with Crippen molar-refractivity contribution in [2.45, 2.75) is 6.42 Å². The molecule has 0 saturated carbocycles. The first-order chi connectivity index (χ1) is 8.61. The molecule has 3 N–H and O–H groups in total. The molecule has 0 aliphatic carbocycles. The van der Waals surface area contributed by atoms with Crippen LogP contribution < -0.4 is 10.5 Å². The molecular weight excluding hydrogens is 307 g/mol. The van der Waals surface area contributed by atoms with E-state index in [9.17, 15) is 4.39 Å². The van der Waals surface area contributed by atoms with Gasteiger partial charge in [-0.3, -0.25) is 0 Å². The summed E-state index contributed by atoms with van der Waals surface area (Å²) in [5, 5.41) is 11.4. The number of ether oxygens (including phenoxy) is 2. The van der Waals surface area contributed by atoms with E-state index < -0.39 is 5.82 Å². The second-order valence-electron chi connectivity index (χ2n) is 3.42. The van der Waals surface area contributed by atoms with Gasteiger partial charge in [-0.05, 0) is 28.1 Å². The van der Waals surface area contributed by atoms with E-state index in [4.69, 9.17) is 20.4 Å². The monoisotopic (exact) mass is 320 g/mol. The summed E-state index contributed by atoms with van der Waals surface area (Å²) >= 11 is 3.04. The highest BCUT2D eigenvalue weighted by Crippen LogP contribution is 2.28. The fraction of sp³-hybridized carbons (Fsp3) is 0.364. The maximum atomic E-state index is 13.9. The Balaban J connectivity index is 2.81. The molecule has 1 aromatic rings. The van der Waals surface area contributed by atoms with Crippen LogP contribution in [0.3, 0.4) is 0 Å². The van der Waals surface area contributed by atoms with Crippen LogP contribution in [0.15, 0.2) is 21.8 Å². The van der Waals surface area contributed by atoms with Crippen molar-refractivity contribution in [3.63, 3.8) is 0 Å².